The summed E-state index contributed by atoms with van der Waals surface area (Å²) in [5, 5.41) is 10.4. The summed E-state index contributed by atoms with van der Waals surface area (Å²) in [4.78, 5) is 5.04. The zero-order chi connectivity index (χ0) is 14.3. The van der Waals surface area contributed by atoms with Crippen molar-refractivity contribution in [2.45, 2.75) is 44.9 Å². The highest BCUT2D eigenvalue weighted by atomic mass is 35.5. The molecule has 0 aromatic heterocycles. The van der Waals surface area contributed by atoms with Gasteiger partial charge in [-0.3, -0.25) is 4.90 Å². The lowest BCUT2D eigenvalue weighted by Crippen LogP contribution is -2.55. The van der Waals surface area contributed by atoms with Crippen LogP contribution in [0.15, 0.2) is 18.2 Å². The molecule has 2 unspecified atom stereocenters. The van der Waals surface area contributed by atoms with Gasteiger partial charge in [0, 0.05) is 25.2 Å². The maximum atomic E-state index is 9.65. The molecule has 110 valence electrons. The molecule has 0 radical (unpaired) electrons. The Labute approximate surface area is 126 Å². The van der Waals surface area contributed by atoms with E-state index in [4.69, 9.17) is 11.6 Å². The highest BCUT2D eigenvalue weighted by Gasteiger charge is 2.35. The first-order valence-corrected chi connectivity index (χ1v) is 7.92. The van der Waals surface area contributed by atoms with Crippen molar-refractivity contribution in [2.24, 2.45) is 0 Å². The monoisotopic (exact) mass is 294 g/mol. The van der Waals surface area contributed by atoms with Gasteiger partial charge in [0.2, 0.25) is 0 Å². The average Bonchev–Trinajstić information content (AvgIpc) is 2.84. The molecule has 2 saturated heterocycles. The van der Waals surface area contributed by atoms with E-state index >= 15 is 0 Å². The topological polar surface area (TPSA) is 26.7 Å². The Morgan fingerprint density at radius 3 is 2.85 bits per heavy atom. The van der Waals surface area contributed by atoms with E-state index in [1.54, 1.807) is 6.92 Å². The van der Waals surface area contributed by atoms with Gasteiger partial charge < -0.3 is 10.0 Å². The maximum Gasteiger partial charge on any atom is 0.0762 e. The van der Waals surface area contributed by atoms with Crippen molar-refractivity contribution < 1.29 is 5.11 Å². The third kappa shape index (κ3) is 2.54. The molecule has 0 amide bonds. The summed E-state index contributed by atoms with van der Waals surface area (Å²) in [6, 6.07) is 7.11. The Hall–Kier alpha value is -0.770. The van der Waals surface area contributed by atoms with E-state index in [1.807, 2.05) is 12.1 Å². The summed E-state index contributed by atoms with van der Waals surface area (Å²) < 4.78 is 0. The van der Waals surface area contributed by atoms with Gasteiger partial charge >= 0.3 is 0 Å². The van der Waals surface area contributed by atoms with Gasteiger partial charge in [-0.1, -0.05) is 17.7 Å². The summed E-state index contributed by atoms with van der Waals surface area (Å²) in [5.41, 5.74) is 1.99. The first kappa shape index (κ1) is 14.2. The predicted octanol–water partition coefficient (Wildman–Crippen LogP) is 3.07. The van der Waals surface area contributed by atoms with Crippen molar-refractivity contribution in [1.29, 1.82) is 0 Å². The molecular formula is C16H23ClN2O. The number of hydrogen-bond donors (Lipinski definition) is 1. The van der Waals surface area contributed by atoms with Crippen LogP contribution in [0.5, 0.6) is 0 Å². The van der Waals surface area contributed by atoms with Crippen LogP contribution in [0.4, 0.5) is 5.69 Å². The zero-order valence-corrected chi connectivity index (χ0v) is 13.0. The minimum atomic E-state index is -0.467. The lowest BCUT2D eigenvalue weighted by molar-refractivity contribution is 0.199. The fraction of sp³-hybridized carbons (Fsp3) is 0.625. The summed E-state index contributed by atoms with van der Waals surface area (Å²) in [6.07, 6.45) is 2.15. The first-order valence-electron chi connectivity index (χ1n) is 7.54. The molecule has 0 aliphatic carbocycles. The molecule has 0 bridgehead atoms. The predicted molar refractivity (Wildman–Crippen MR) is 83.5 cm³/mol. The molecule has 2 fully saturated rings. The molecule has 1 aromatic carbocycles. The molecule has 3 atom stereocenters. The lowest BCUT2D eigenvalue weighted by Gasteiger charge is -2.44. The van der Waals surface area contributed by atoms with Crippen LogP contribution >= 0.6 is 11.6 Å². The minimum absolute atomic E-state index is 0.467. The smallest absolute Gasteiger partial charge is 0.0762 e. The van der Waals surface area contributed by atoms with E-state index in [0.29, 0.717) is 12.1 Å². The van der Waals surface area contributed by atoms with Crippen molar-refractivity contribution in [3.63, 3.8) is 0 Å². The van der Waals surface area contributed by atoms with E-state index in [-0.39, 0.29) is 0 Å². The lowest BCUT2D eigenvalue weighted by atomic mass is 10.0. The molecule has 4 heteroatoms. The van der Waals surface area contributed by atoms with Crippen LogP contribution in [0.3, 0.4) is 0 Å². The Morgan fingerprint density at radius 1 is 1.35 bits per heavy atom. The van der Waals surface area contributed by atoms with Crippen molar-refractivity contribution in [3.8, 4) is 0 Å². The Morgan fingerprint density at radius 2 is 2.15 bits per heavy atom. The third-order valence-electron chi connectivity index (χ3n) is 4.70. The van der Waals surface area contributed by atoms with E-state index in [1.165, 1.54) is 19.4 Å². The molecule has 3 nitrogen and oxygen atoms in total. The largest absolute Gasteiger partial charge is 0.389 e. The number of benzene rings is 1. The molecule has 1 aromatic rings. The number of aliphatic hydroxyl groups is 1. The van der Waals surface area contributed by atoms with Crippen LogP contribution in [-0.2, 0) is 0 Å². The van der Waals surface area contributed by atoms with E-state index in [9.17, 15) is 5.11 Å². The van der Waals surface area contributed by atoms with Gasteiger partial charge in [-0.25, -0.2) is 0 Å². The molecule has 2 heterocycles. The first-order chi connectivity index (χ1) is 9.56. The van der Waals surface area contributed by atoms with Crippen molar-refractivity contribution in [1.82, 2.24) is 4.90 Å². The number of halogens is 1. The van der Waals surface area contributed by atoms with Crippen LogP contribution in [-0.4, -0.2) is 41.7 Å². The zero-order valence-electron chi connectivity index (χ0n) is 12.2. The summed E-state index contributed by atoms with van der Waals surface area (Å²) in [6.45, 7) is 7.48. The van der Waals surface area contributed by atoms with Gasteiger partial charge in [0.15, 0.2) is 0 Å². The molecule has 0 spiro atoms. The average molecular weight is 295 g/mol. The van der Waals surface area contributed by atoms with Crippen LogP contribution < -0.4 is 4.90 Å². The fourth-order valence-electron chi connectivity index (χ4n) is 3.54. The van der Waals surface area contributed by atoms with E-state index < -0.39 is 6.10 Å². The van der Waals surface area contributed by atoms with Crippen LogP contribution in [0.1, 0.15) is 38.4 Å². The molecule has 20 heavy (non-hydrogen) atoms. The van der Waals surface area contributed by atoms with Crippen LogP contribution in [0, 0.1) is 0 Å². The second-order valence-electron chi connectivity index (χ2n) is 6.18. The number of piperazine rings is 1. The van der Waals surface area contributed by atoms with Gasteiger partial charge in [-0.15, -0.1) is 0 Å². The summed E-state index contributed by atoms with van der Waals surface area (Å²) >= 11 is 6.45. The minimum Gasteiger partial charge on any atom is -0.389 e. The van der Waals surface area contributed by atoms with Gasteiger partial charge in [0.25, 0.3) is 0 Å². The van der Waals surface area contributed by atoms with E-state index in [0.717, 1.165) is 29.4 Å². The van der Waals surface area contributed by atoms with E-state index in [2.05, 4.69) is 22.8 Å². The van der Waals surface area contributed by atoms with Crippen LogP contribution in [0.25, 0.3) is 0 Å². The number of nitrogens with zero attached hydrogens (tertiary/aromatic N) is 2. The molecule has 2 aliphatic rings. The highest BCUT2D eigenvalue weighted by molar-refractivity contribution is 6.33. The number of fused-ring (bicyclic) bond motifs is 1. The van der Waals surface area contributed by atoms with Crippen molar-refractivity contribution in [3.05, 3.63) is 28.8 Å². The quantitative estimate of drug-likeness (QED) is 0.908. The SMILES string of the molecule is CC1CN2CCCC2CN1c1ccc([C@@H](C)O)cc1Cl. The molecule has 2 aliphatic heterocycles. The number of anilines is 1. The summed E-state index contributed by atoms with van der Waals surface area (Å²) in [7, 11) is 0. The third-order valence-corrected chi connectivity index (χ3v) is 5.00. The molecule has 3 rings (SSSR count). The Bertz CT molecular complexity index is 491. The molecule has 0 saturated carbocycles. The number of hydrogen-bond acceptors (Lipinski definition) is 3. The van der Waals surface area contributed by atoms with Gasteiger partial charge in [0.05, 0.1) is 16.8 Å². The van der Waals surface area contributed by atoms with Crippen LogP contribution in [0.2, 0.25) is 5.02 Å². The van der Waals surface area contributed by atoms with Gasteiger partial charge in [0.1, 0.15) is 0 Å². The number of rotatable bonds is 2. The number of aliphatic hydroxyl groups excluding tert-OH is 1. The highest BCUT2D eigenvalue weighted by Crippen LogP contribution is 2.34. The standard InChI is InChI=1S/C16H23ClN2O/c1-11-9-18-7-3-4-14(18)10-19(11)16-6-5-13(12(2)20)8-15(16)17/h5-6,8,11-12,14,20H,3-4,7,9-10H2,1-2H3/t11?,12-,14?/m1/s1. The molecular weight excluding hydrogens is 272 g/mol. The Kier molecular flexibility index (Phi) is 3.93. The second-order valence-corrected chi connectivity index (χ2v) is 6.59. The maximum absolute atomic E-state index is 9.65. The normalized spacial score (nSPS) is 28.5. The van der Waals surface area contributed by atoms with Crippen molar-refractivity contribution in [2.75, 3.05) is 24.5 Å². The van der Waals surface area contributed by atoms with Gasteiger partial charge in [-0.05, 0) is 50.9 Å². The van der Waals surface area contributed by atoms with Crippen molar-refractivity contribution >= 4 is 17.3 Å². The second kappa shape index (κ2) is 5.55. The van der Waals surface area contributed by atoms with Gasteiger partial charge in [-0.2, -0.15) is 0 Å². The summed E-state index contributed by atoms with van der Waals surface area (Å²) in [5.74, 6) is 0. The Balaban J connectivity index is 1.84. The fourth-order valence-corrected chi connectivity index (χ4v) is 3.84. The molecule has 1 N–H and O–H groups in total.